The van der Waals surface area contributed by atoms with Crippen LogP contribution in [0.5, 0.6) is 5.75 Å². The van der Waals surface area contributed by atoms with Crippen molar-refractivity contribution in [2.75, 3.05) is 13.2 Å². The fourth-order valence-electron chi connectivity index (χ4n) is 3.47. The fraction of sp³-hybridized carbons (Fsp3) is 0.647. The zero-order chi connectivity index (χ0) is 13.8. The maximum atomic E-state index is 9.58. The number of rotatable bonds is 4. The number of phenolic OH excluding ortho intramolecular Hbond substituents is 1. The highest BCUT2D eigenvalue weighted by Gasteiger charge is 2.20. The molecule has 2 unspecified atom stereocenters. The Balaban J connectivity index is 1.53. The number of phenols is 1. The van der Waals surface area contributed by atoms with Gasteiger partial charge in [0.15, 0.2) is 0 Å². The van der Waals surface area contributed by atoms with E-state index >= 15 is 0 Å². The Morgan fingerprint density at radius 3 is 3.00 bits per heavy atom. The maximum Gasteiger partial charge on any atom is 0.115 e. The molecule has 0 aromatic heterocycles. The number of aromatic hydroxyl groups is 1. The van der Waals surface area contributed by atoms with Crippen LogP contribution in [0.25, 0.3) is 0 Å². The lowest BCUT2D eigenvalue weighted by atomic mass is 9.87. The molecule has 110 valence electrons. The van der Waals surface area contributed by atoms with E-state index in [2.05, 4.69) is 11.4 Å². The number of fused-ring (bicyclic) bond motifs is 1. The number of aryl methyl sites for hydroxylation is 1. The van der Waals surface area contributed by atoms with Gasteiger partial charge in [-0.1, -0.05) is 6.07 Å². The van der Waals surface area contributed by atoms with Crippen LogP contribution in [0, 0.1) is 0 Å². The summed E-state index contributed by atoms with van der Waals surface area (Å²) in [7, 11) is 0. The summed E-state index contributed by atoms with van der Waals surface area (Å²) in [5.74, 6) is 0.389. The predicted molar refractivity (Wildman–Crippen MR) is 80.0 cm³/mol. The van der Waals surface area contributed by atoms with E-state index < -0.39 is 0 Å². The van der Waals surface area contributed by atoms with Crippen LogP contribution in [0.4, 0.5) is 0 Å². The lowest BCUT2D eigenvalue weighted by Crippen LogP contribution is -2.29. The second kappa shape index (κ2) is 6.59. The fourth-order valence-corrected chi connectivity index (χ4v) is 3.47. The van der Waals surface area contributed by atoms with E-state index in [1.807, 2.05) is 12.1 Å². The Hall–Kier alpha value is -1.06. The van der Waals surface area contributed by atoms with E-state index in [1.165, 1.54) is 43.2 Å². The first kappa shape index (κ1) is 13.9. The van der Waals surface area contributed by atoms with Gasteiger partial charge in [-0.15, -0.1) is 0 Å². The first-order valence-electron chi connectivity index (χ1n) is 8.00. The lowest BCUT2D eigenvalue weighted by molar-refractivity contribution is 0.0111. The van der Waals surface area contributed by atoms with Crippen LogP contribution < -0.4 is 5.32 Å². The van der Waals surface area contributed by atoms with Gasteiger partial charge in [-0.2, -0.15) is 0 Å². The van der Waals surface area contributed by atoms with E-state index in [4.69, 9.17) is 4.74 Å². The molecule has 1 fully saturated rings. The Morgan fingerprint density at radius 1 is 1.20 bits per heavy atom. The summed E-state index contributed by atoms with van der Waals surface area (Å²) in [5, 5.41) is 13.3. The summed E-state index contributed by atoms with van der Waals surface area (Å²) < 4.78 is 5.78. The summed E-state index contributed by atoms with van der Waals surface area (Å²) in [4.78, 5) is 0. The normalized spacial score (nSPS) is 26.2. The van der Waals surface area contributed by atoms with Crippen LogP contribution in [0.2, 0.25) is 0 Å². The molecular weight excluding hydrogens is 250 g/mol. The van der Waals surface area contributed by atoms with E-state index in [1.54, 1.807) is 0 Å². The monoisotopic (exact) mass is 275 g/mol. The van der Waals surface area contributed by atoms with Crippen molar-refractivity contribution in [3.63, 3.8) is 0 Å². The lowest BCUT2D eigenvalue weighted by Gasteiger charge is -2.28. The summed E-state index contributed by atoms with van der Waals surface area (Å²) >= 11 is 0. The average Bonchev–Trinajstić information content (AvgIpc) is 2.48. The van der Waals surface area contributed by atoms with Crippen LogP contribution in [0.1, 0.15) is 55.7 Å². The first-order chi connectivity index (χ1) is 9.83. The number of nitrogens with one attached hydrogen (secondary N) is 1. The van der Waals surface area contributed by atoms with E-state index in [-0.39, 0.29) is 0 Å². The molecule has 20 heavy (non-hydrogen) atoms. The van der Waals surface area contributed by atoms with Crippen LogP contribution in [0.15, 0.2) is 18.2 Å². The molecule has 2 atom stereocenters. The van der Waals surface area contributed by atoms with Crippen molar-refractivity contribution in [1.29, 1.82) is 0 Å². The van der Waals surface area contributed by atoms with E-state index in [0.717, 1.165) is 26.0 Å². The number of benzene rings is 1. The largest absolute Gasteiger partial charge is 0.508 e. The molecule has 1 saturated heterocycles. The van der Waals surface area contributed by atoms with Gasteiger partial charge in [0.1, 0.15) is 5.75 Å². The topological polar surface area (TPSA) is 41.5 Å². The molecule has 1 aromatic carbocycles. The third-order valence-electron chi connectivity index (χ3n) is 4.57. The van der Waals surface area contributed by atoms with Crippen LogP contribution in [-0.2, 0) is 11.2 Å². The zero-order valence-corrected chi connectivity index (χ0v) is 12.1. The van der Waals surface area contributed by atoms with Crippen molar-refractivity contribution in [2.45, 2.75) is 57.1 Å². The third kappa shape index (κ3) is 3.33. The molecule has 1 aliphatic heterocycles. The van der Waals surface area contributed by atoms with Gasteiger partial charge >= 0.3 is 0 Å². The molecule has 0 saturated carbocycles. The highest BCUT2D eigenvalue weighted by atomic mass is 16.5. The summed E-state index contributed by atoms with van der Waals surface area (Å²) in [6.45, 7) is 1.96. The summed E-state index contributed by atoms with van der Waals surface area (Å²) in [6, 6.07) is 6.26. The standard InChI is InChI=1S/C17H25NO2/c19-14-7-8-16-13(12-14)4-3-6-17(16)18-10-9-15-5-1-2-11-20-15/h7-8,12,15,17-19H,1-6,9-11H2. The molecule has 3 heteroatoms. The number of hydrogen-bond donors (Lipinski definition) is 2. The predicted octanol–water partition coefficient (Wildman–Crippen LogP) is 3.32. The third-order valence-corrected chi connectivity index (χ3v) is 4.57. The second-order valence-electron chi connectivity index (χ2n) is 6.06. The van der Waals surface area contributed by atoms with E-state index in [9.17, 15) is 5.11 Å². The van der Waals surface area contributed by atoms with Crippen molar-refractivity contribution in [1.82, 2.24) is 5.32 Å². The van der Waals surface area contributed by atoms with Gasteiger partial charge < -0.3 is 15.2 Å². The van der Waals surface area contributed by atoms with Gasteiger partial charge in [-0.3, -0.25) is 0 Å². The SMILES string of the molecule is Oc1ccc2c(c1)CCCC2NCCC1CCCCO1. The van der Waals surface area contributed by atoms with Gasteiger partial charge in [-0.25, -0.2) is 0 Å². The Labute approximate surface area is 121 Å². The molecular formula is C17H25NO2. The van der Waals surface area contributed by atoms with Gasteiger partial charge in [-0.05, 0) is 74.8 Å². The highest BCUT2D eigenvalue weighted by molar-refractivity contribution is 5.38. The Kier molecular flexibility index (Phi) is 4.58. The number of ether oxygens (including phenoxy) is 1. The molecule has 3 rings (SSSR count). The summed E-state index contributed by atoms with van der Waals surface area (Å²) in [5.41, 5.74) is 2.68. The molecule has 1 aromatic rings. The molecule has 1 heterocycles. The highest BCUT2D eigenvalue weighted by Crippen LogP contribution is 2.31. The smallest absolute Gasteiger partial charge is 0.115 e. The minimum atomic E-state index is 0.389. The average molecular weight is 275 g/mol. The van der Waals surface area contributed by atoms with Crippen LogP contribution in [0.3, 0.4) is 0 Å². The van der Waals surface area contributed by atoms with Crippen molar-refractivity contribution >= 4 is 0 Å². The molecule has 0 bridgehead atoms. The molecule has 3 nitrogen and oxygen atoms in total. The minimum Gasteiger partial charge on any atom is -0.508 e. The molecule has 1 aliphatic carbocycles. The van der Waals surface area contributed by atoms with Gasteiger partial charge in [0, 0.05) is 12.6 Å². The van der Waals surface area contributed by atoms with Gasteiger partial charge in [0.25, 0.3) is 0 Å². The number of hydrogen-bond acceptors (Lipinski definition) is 3. The van der Waals surface area contributed by atoms with Crippen LogP contribution >= 0.6 is 0 Å². The minimum absolute atomic E-state index is 0.389. The Bertz CT molecular complexity index is 441. The van der Waals surface area contributed by atoms with Crippen molar-refractivity contribution < 1.29 is 9.84 Å². The summed E-state index contributed by atoms with van der Waals surface area (Å²) in [6.07, 6.45) is 8.82. The quantitative estimate of drug-likeness (QED) is 0.885. The van der Waals surface area contributed by atoms with Crippen molar-refractivity contribution in [3.05, 3.63) is 29.3 Å². The molecule has 2 N–H and O–H groups in total. The zero-order valence-electron chi connectivity index (χ0n) is 12.1. The maximum absolute atomic E-state index is 9.58. The first-order valence-corrected chi connectivity index (χ1v) is 8.00. The van der Waals surface area contributed by atoms with Gasteiger partial charge in [0.2, 0.25) is 0 Å². The molecule has 2 aliphatic rings. The second-order valence-corrected chi connectivity index (χ2v) is 6.06. The Morgan fingerprint density at radius 2 is 2.15 bits per heavy atom. The van der Waals surface area contributed by atoms with Crippen molar-refractivity contribution in [2.24, 2.45) is 0 Å². The van der Waals surface area contributed by atoms with Crippen molar-refractivity contribution in [3.8, 4) is 5.75 Å². The molecule has 0 spiro atoms. The molecule has 0 radical (unpaired) electrons. The van der Waals surface area contributed by atoms with Crippen LogP contribution in [-0.4, -0.2) is 24.4 Å². The van der Waals surface area contributed by atoms with E-state index in [0.29, 0.717) is 17.9 Å². The molecule has 0 amide bonds. The van der Waals surface area contributed by atoms with Gasteiger partial charge in [0.05, 0.1) is 6.10 Å².